The van der Waals surface area contributed by atoms with Crippen molar-refractivity contribution in [2.45, 2.75) is 196 Å². The van der Waals surface area contributed by atoms with Gasteiger partial charge in [-0.2, -0.15) is 0 Å². The number of nitrogens with one attached hydrogen (secondary N) is 3. The average molecular weight is 1640 g/mol. The highest BCUT2D eigenvalue weighted by atomic mass is 16.8. The molecule has 12 rings (SSSR count). The van der Waals surface area contributed by atoms with Crippen LogP contribution in [-0.4, -0.2) is 221 Å². The normalized spacial score (nSPS) is 27.9. The summed E-state index contributed by atoms with van der Waals surface area (Å²) in [4.78, 5) is 144. The van der Waals surface area contributed by atoms with Crippen molar-refractivity contribution in [3.63, 3.8) is 0 Å². The van der Waals surface area contributed by atoms with Crippen LogP contribution in [0.2, 0.25) is 0 Å². The Morgan fingerprint density at radius 3 is 1.41 bits per heavy atom. The van der Waals surface area contributed by atoms with Crippen LogP contribution >= 0.6 is 0 Å². The molecule has 0 bridgehead atoms. The van der Waals surface area contributed by atoms with Crippen molar-refractivity contribution in [3.05, 3.63) is 251 Å². The molecule has 0 spiro atoms. The molecule has 0 unspecified atom stereocenters. The number of esters is 7. The van der Waals surface area contributed by atoms with E-state index in [1.165, 1.54) is 74.5 Å². The molecular formula is C87H93N3O29. The van der Waals surface area contributed by atoms with E-state index in [2.05, 4.69) is 16.0 Å². The predicted octanol–water partition coefficient (Wildman–Crippen LogP) is 8.00. The van der Waals surface area contributed by atoms with Crippen molar-refractivity contribution in [1.29, 1.82) is 0 Å². The fourth-order valence-electron chi connectivity index (χ4n) is 14.2. The maximum atomic E-state index is 15.2. The fourth-order valence-corrected chi connectivity index (χ4v) is 14.2. The van der Waals surface area contributed by atoms with E-state index in [4.69, 9.17) is 90.0 Å². The van der Waals surface area contributed by atoms with Gasteiger partial charge in [-0.15, -0.1) is 0 Å². The Hall–Kier alpha value is -11.4. The van der Waals surface area contributed by atoms with Crippen molar-refractivity contribution in [2.75, 3.05) is 26.9 Å². The lowest BCUT2D eigenvalue weighted by molar-refractivity contribution is -0.405. The minimum absolute atomic E-state index is 0.0107. The van der Waals surface area contributed by atoms with Crippen molar-refractivity contribution in [2.24, 2.45) is 0 Å². The first-order valence-electron chi connectivity index (χ1n) is 38.6. The molecule has 21 atom stereocenters. The van der Waals surface area contributed by atoms with Crippen LogP contribution in [0.5, 0.6) is 0 Å². The Morgan fingerprint density at radius 2 is 0.908 bits per heavy atom. The number of ether oxygens (including phenoxy) is 19. The maximum absolute atomic E-state index is 15.2. The topological polar surface area (TPSA) is 382 Å². The average Bonchev–Trinajstić information content (AvgIpc) is 1.66. The molecule has 5 aliphatic heterocycles. The van der Waals surface area contributed by atoms with E-state index >= 15 is 9.59 Å². The second-order valence-corrected chi connectivity index (χ2v) is 28.8. The summed E-state index contributed by atoms with van der Waals surface area (Å²) in [7, 11) is 1.10. The van der Waals surface area contributed by atoms with Crippen LogP contribution in [0.1, 0.15) is 111 Å². The smallest absolute Gasteiger partial charge is 0.407 e. The predicted molar refractivity (Wildman–Crippen MR) is 412 cm³/mol. The zero-order valence-electron chi connectivity index (χ0n) is 66.2. The molecule has 32 heteroatoms. The number of carbonyl (C=O) groups excluding carboxylic acids is 10. The SMILES string of the molecule is COC(=O)[C@]1(C)OC[C@H]2O[C@@H](OC(C)C)[C@H](OC(=O)c3ccccc3)[C@@H](O[C@H]3O[C@H](COCc4ccccc4)[C@H](O[C@H]4O[C@H](C)[C@H](NC(=O)OCc5ccccc5)[C@H](OC(C)=O)[C@H]4NC(C)=O)[C@H](O[C@@H]4O[C@@H]([C@@H](COC(=O)c5ccccc5)OC(=O)c5ccccc5)[C@H](OC(=O)c5ccccc5)[C@H]4OC(=O)c4ccccc4)[C@H]3NC(C)=O)[C@H]2O1. The second kappa shape index (κ2) is 40.8. The first-order chi connectivity index (χ1) is 57.4. The highest BCUT2D eigenvalue weighted by molar-refractivity contribution is 5.92. The molecule has 5 heterocycles. The third kappa shape index (κ3) is 22.5. The monoisotopic (exact) mass is 1640 g/mol. The number of hydrogen-bond acceptors (Lipinski definition) is 29. The maximum Gasteiger partial charge on any atom is 0.407 e. The minimum atomic E-state index is -2.23. The van der Waals surface area contributed by atoms with Gasteiger partial charge in [0.15, 0.2) is 49.6 Å². The standard InChI is InChI=1S/C87H93N3O29/c1-49(2)106-83-75(114-80(98)60-42-28-15-29-43-60)73(69-63(111-83)48-105-87(7,119-69)85(99)101-8)118-82-66(89-52(5)92)71(67(61(110-82)46-102-44-54-30-16-9-17-31-54)115-81-65(88-51(4)91)70(108-53(6)93)64(50(3)107-81)90-86(100)104-45-55-32-18-10-19-33-55)117-84-74(113-79(97)59-40-26-14-27-41-59)72(112-78(96)58-38-24-13-25-39-58)68(116-84)62(109-77(95)57-36-22-12-23-37-57)47-103-76(94)56-34-20-11-21-35-56/h9-43,49-50,61-75,81-84H,44-48H2,1-8H3,(H,88,91)(H,89,92)(H,90,100)/t50-,61-,62-,63-,64+,65-,66-,67+,68+,69+,70+,71-,72+,73+,74-,75-,81-,82-,83-,84+,87-/m1/s1. The van der Waals surface area contributed by atoms with Gasteiger partial charge in [0.2, 0.25) is 11.8 Å². The third-order valence-corrected chi connectivity index (χ3v) is 19.7. The Labute approximate surface area is 685 Å². The number of amides is 3. The third-order valence-electron chi connectivity index (χ3n) is 19.7. The molecule has 630 valence electrons. The van der Waals surface area contributed by atoms with Crippen molar-refractivity contribution >= 4 is 59.7 Å². The lowest BCUT2D eigenvalue weighted by Crippen LogP contribution is -2.73. The molecule has 7 aromatic rings. The highest BCUT2D eigenvalue weighted by Crippen LogP contribution is 2.43. The molecule has 0 saturated carbocycles. The zero-order chi connectivity index (χ0) is 84.3. The molecule has 3 amide bonds. The Morgan fingerprint density at radius 1 is 0.454 bits per heavy atom. The molecular weight excluding hydrogens is 1550 g/mol. The first kappa shape index (κ1) is 86.9. The molecule has 0 aliphatic carbocycles. The summed E-state index contributed by atoms with van der Waals surface area (Å²) < 4.78 is 125. The quantitative estimate of drug-likeness (QED) is 0.0273. The number of carbonyl (C=O) groups is 10. The van der Waals surface area contributed by atoms with Crippen LogP contribution in [-0.2, 0) is 122 Å². The molecule has 119 heavy (non-hydrogen) atoms. The van der Waals surface area contributed by atoms with Crippen LogP contribution in [0, 0.1) is 0 Å². The van der Waals surface area contributed by atoms with Crippen molar-refractivity contribution < 1.29 is 138 Å². The second-order valence-electron chi connectivity index (χ2n) is 28.8. The number of fused-ring (bicyclic) bond motifs is 1. The molecule has 5 fully saturated rings. The molecule has 32 nitrogen and oxygen atoms in total. The van der Waals surface area contributed by atoms with Gasteiger partial charge in [-0.3, -0.25) is 14.4 Å². The van der Waals surface area contributed by atoms with Crippen LogP contribution in [0.25, 0.3) is 0 Å². The summed E-state index contributed by atoms with van der Waals surface area (Å²) in [5, 5.41) is 8.44. The highest BCUT2D eigenvalue weighted by Gasteiger charge is 2.63. The van der Waals surface area contributed by atoms with Crippen LogP contribution in [0.15, 0.2) is 212 Å². The summed E-state index contributed by atoms with van der Waals surface area (Å²) in [5.74, 6) is -10.8. The van der Waals surface area contributed by atoms with E-state index in [1.807, 2.05) is 0 Å². The van der Waals surface area contributed by atoms with Crippen molar-refractivity contribution in [3.8, 4) is 0 Å². The van der Waals surface area contributed by atoms with E-state index in [1.54, 1.807) is 166 Å². The van der Waals surface area contributed by atoms with E-state index in [9.17, 15) is 38.4 Å². The van der Waals surface area contributed by atoms with Gasteiger partial charge in [0.25, 0.3) is 5.79 Å². The summed E-state index contributed by atoms with van der Waals surface area (Å²) in [5.41, 5.74) is 1.25. The molecule has 5 saturated heterocycles. The summed E-state index contributed by atoms with van der Waals surface area (Å²) in [6.07, 6.45) is -32.1. The summed E-state index contributed by atoms with van der Waals surface area (Å²) in [6.45, 7) is 7.29. The fraction of sp³-hybridized carbons (Fsp3) is 0.402. The Kier molecular flexibility index (Phi) is 29.8. The number of methoxy groups -OCH3 is 1. The van der Waals surface area contributed by atoms with Crippen LogP contribution < -0.4 is 16.0 Å². The molecule has 0 radical (unpaired) electrons. The van der Waals surface area contributed by atoms with Gasteiger partial charge in [-0.25, -0.2) is 33.6 Å². The van der Waals surface area contributed by atoms with Crippen molar-refractivity contribution in [1.82, 2.24) is 16.0 Å². The summed E-state index contributed by atoms with van der Waals surface area (Å²) in [6, 6.07) is 51.2. The van der Waals surface area contributed by atoms with Gasteiger partial charge >= 0.3 is 47.9 Å². The van der Waals surface area contributed by atoms with Crippen LogP contribution in [0.3, 0.4) is 0 Å². The lowest BCUT2D eigenvalue weighted by Gasteiger charge is -2.53. The Balaban J connectivity index is 1.06. The summed E-state index contributed by atoms with van der Waals surface area (Å²) >= 11 is 0. The van der Waals surface area contributed by atoms with Gasteiger partial charge < -0.3 is 106 Å². The van der Waals surface area contributed by atoms with Gasteiger partial charge in [0.1, 0.15) is 74.1 Å². The van der Waals surface area contributed by atoms with Gasteiger partial charge in [0.05, 0.1) is 73.0 Å². The largest absolute Gasteiger partial charge is 0.465 e. The van der Waals surface area contributed by atoms with E-state index in [-0.39, 0.29) is 41.0 Å². The number of benzene rings is 7. The van der Waals surface area contributed by atoms with E-state index in [0.29, 0.717) is 11.1 Å². The number of hydrogen-bond donors (Lipinski definition) is 3. The van der Waals surface area contributed by atoms with Gasteiger partial charge in [-0.1, -0.05) is 152 Å². The van der Waals surface area contributed by atoms with E-state index in [0.717, 1.165) is 27.9 Å². The molecule has 7 aromatic carbocycles. The lowest BCUT2D eigenvalue weighted by atomic mass is 9.92. The van der Waals surface area contributed by atoms with Gasteiger partial charge in [0, 0.05) is 27.7 Å². The number of alkyl carbamates (subject to hydrolysis) is 1. The van der Waals surface area contributed by atoms with Crippen LogP contribution in [0.4, 0.5) is 4.79 Å². The first-order valence-corrected chi connectivity index (χ1v) is 38.6. The molecule has 3 N–H and O–H groups in total. The molecule has 0 aromatic heterocycles. The zero-order valence-corrected chi connectivity index (χ0v) is 66.2. The number of rotatable bonds is 31. The van der Waals surface area contributed by atoms with Gasteiger partial charge in [-0.05, 0) is 92.6 Å². The minimum Gasteiger partial charge on any atom is -0.465 e. The molecule has 5 aliphatic rings. The van der Waals surface area contributed by atoms with E-state index < -0.39 is 214 Å². The Bertz CT molecular complexity index is 4560.